The molecule has 2 amide bonds. The highest BCUT2D eigenvalue weighted by atomic mass is 35.5. The van der Waals surface area contributed by atoms with Crippen LogP contribution in [0.4, 0.5) is 0 Å². The number of primary amides is 1. The van der Waals surface area contributed by atoms with Crippen molar-refractivity contribution in [2.45, 2.75) is 38.8 Å². The van der Waals surface area contributed by atoms with Crippen LogP contribution >= 0.6 is 23.2 Å². The lowest BCUT2D eigenvalue weighted by Crippen LogP contribution is -2.49. The lowest BCUT2D eigenvalue weighted by molar-refractivity contribution is -0.133. The lowest BCUT2D eigenvalue weighted by atomic mass is 10.0. The fourth-order valence-electron chi connectivity index (χ4n) is 1.95. The van der Waals surface area contributed by atoms with Crippen LogP contribution in [-0.4, -0.2) is 29.1 Å². The van der Waals surface area contributed by atoms with Crippen molar-refractivity contribution in [1.29, 1.82) is 0 Å². The molecule has 0 aromatic heterocycles. The van der Waals surface area contributed by atoms with E-state index >= 15 is 0 Å². The number of amides is 2. The van der Waals surface area contributed by atoms with Crippen molar-refractivity contribution < 1.29 is 14.7 Å². The van der Waals surface area contributed by atoms with E-state index in [-0.39, 0.29) is 12.3 Å². The minimum atomic E-state index is -1.18. The molecule has 1 rings (SSSR count). The number of halogens is 2. The standard InChI is InChI=1S/C15H20Cl2N2O3/c1-8(2)5-13(20)15(22)19-12(14(18)21)6-9-3-4-10(16)7-11(9)17/h3-4,7-8,12-13,20H,5-6H2,1-2H3,(H2,18,21)(H,19,22)/t12-,13+/m0/s1. The maximum atomic E-state index is 11.9. The van der Waals surface area contributed by atoms with E-state index in [1.54, 1.807) is 18.2 Å². The third kappa shape index (κ3) is 5.83. The highest BCUT2D eigenvalue weighted by Gasteiger charge is 2.24. The Bertz CT molecular complexity index is 550. The summed E-state index contributed by atoms with van der Waals surface area (Å²) in [6.07, 6.45) is -0.743. The van der Waals surface area contributed by atoms with Gasteiger partial charge in [0.05, 0.1) is 0 Å². The van der Waals surface area contributed by atoms with E-state index in [4.69, 9.17) is 28.9 Å². The summed E-state index contributed by atoms with van der Waals surface area (Å²) in [4.78, 5) is 23.4. The molecular formula is C15H20Cl2N2O3. The van der Waals surface area contributed by atoms with Gasteiger partial charge in [-0.3, -0.25) is 9.59 Å². The maximum absolute atomic E-state index is 11.9. The predicted molar refractivity (Wildman–Crippen MR) is 86.8 cm³/mol. The van der Waals surface area contributed by atoms with E-state index in [0.717, 1.165) is 0 Å². The van der Waals surface area contributed by atoms with Gasteiger partial charge in [-0.1, -0.05) is 43.1 Å². The van der Waals surface area contributed by atoms with Gasteiger partial charge in [-0.05, 0) is 30.0 Å². The van der Waals surface area contributed by atoms with Crippen molar-refractivity contribution in [2.24, 2.45) is 11.7 Å². The number of nitrogens with one attached hydrogen (secondary N) is 1. The first kappa shape index (κ1) is 18.7. The van der Waals surface area contributed by atoms with Gasteiger partial charge in [0.2, 0.25) is 11.8 Å². The SMILES string of the molecule is CC(C)C[C@@H](O)C(=O)N[C@@H](Cc1ccc(Cl)cc1Cl)C(N)=O. The summed E-state index contributed by atoms with van der Waals surface area (Å²) in [6.45, 7) is 3.77. The Morgan fingerprint density at radius 2 is 1.95 bits per heavy atom. The second kappa shape index (κ2) is 8.36. The molecule has 2 atom stereocenters. The van der Waals surface area contributed by atoms with Crippen LogP contribution in [0.15, 0.2) is 18.2 Å². The fourth-order valence-corrected chi connectivity index (χ4v) is 2.44. The van der Waals surface area contributed by atoms with E-state index in [1.807, 2.05) is 13.8 Å². The van der Waals surface area contributed by atoms with Crippen LogP contribution in [0.25, 0.3) is 0 Å². The smallest absolute Gasteiger partial charge is 0.249 e. The van der Waals surface area contributed by atoms with E-state index in [2.05, 4.69) is 5.32 Å². The Hall–Kier alpha value is -1.30. The van der Waals surface area contributed by atoms with E-state index in [1.165, 1.54) is 0 Å². The molecule has 1 aromatic rings. The number of carbonyl (C=O) groups is 2. The van der Waals surface area contributed by atoms with Crippen molar-refractivity contribution in [2.75, 3.05) is 0 Å². The van der Waals surface area contributed by atoms with Crippen molar-refractivity contribution in [3.8, 4) is 0 Å². The topological polar surface area (TPSA) is 92.4 Å². The van der Waals surface area contributed by atoms with Crippen molar-refractivity contribution >= 4 is 35.0 Å². The second-order valence-electron chi connectivity index (χ2n) is 5.55. The number of aliphatic hydroxyl groups is 1. The molecule has 5 nitrogen and oxygen atoms in total. The quantitative estimate of drug-likeness (QED) is 0.704. The Morgan fingerprint density at radius 3 is 2.45 bits per heavy atom. The Morgan fingerprint density at radius 1 is 1.32 bits per heavy atom. The first-order valence-corrected chi connectivity index (χ1v) is 7.68. The largest absolute Gasteiger partial charge is 0.383 e. The van der Waals surface area contributed by atoms with Crippen molar-refractivity contribution in [3.05, 3.63) is 33.8 Å². The molecule has 0 aliphatic heterocycles. The summed E-state index contributed by atoms with van der Waals surface area (Å²) in [5, 5.41) is 13.1. The number of hydrogen-bond donors (Lipinski definition) is 3. The molecule has 122 valence electrons. The molecular weight excluding hydrogens is 327 g/mol. The number of aliphatic hydroxyl groups excluding tert-OH is 1. The van der Waals surface area contributed by atoms with Gasteiger partial charge in [-0.25, -0.2) is 0 Å². The van der Waals surface area contributed by atoms with E-state index in [9.17, 15) is 14.7 Å². The second-order valence-corrected chi connectivity index (χ2v) is 6.39. The monoisotopic (exact) mass is 346 g/mol. The van der Waals surface area contributed by atoms with Gasteiger partial charge in [0, 0.05) is 16.5 Å². The summed E-state index contributed by atoms with van der Waals surface area (Å²) >= 11 is 11.9. The van der Waals surface area contributed by atoms with Crippen molar-refractivity contribution in [3.63, 3.8) is 0 Å². The minimum Gasteiger partial charge on any atom is -0.383 e. The molecule has 0 bridgehead atoms. The molecule has 0 saturated heterocycles. The molecule has 4 N–H and O–H groups in total. The number of carbonyl (C=O) groups excluding carboxylic acids is 2. The van der Waals surface area contributed by atoms with Crippen LogP contribution in [0, 0.1) is 5.92 Å². The van der Waals surface area contributed by atoms with Gasteiger partial charge in [-0.2, -0.15) is 0 Å². The van der Waals surface area contributed by atoms with Crippen LogP contribution in [0.5, 0.6) is 0 Å². The summed E-state index contributed by atoms with van der Waals surface area (Å²) in [6, 6.07) is 3.90. The molecule has 0 spiro atoms. The highest BCUT2D eigenvalue weighted by Crippen LogP contribution is 2.22. The van der Waals surface area contributed by atoms with Gasteiger partial charge in [0.15, 0.2) is 0 Å². The zero-order chi connectivity index (χ0) is 16.9. The molecule has 1 aromatic carbocycles. The third-order valence-corrected chi connectivity index (χ3v) is 3.68. The normalized spacial score (nSPS) is 13.7. The summed E-state index contributed by atoms with van der Waals surface area (Å²) in [7, 11) is 0. The van der Waals surface area contributed by atoms with Gasteiger partial charge >= 0.3 is 0 Å². The van der Waals surface area contributed by atoms with E-state index in [0.29, 0.717) is 22.0 Å². The minimum absolute atomic E-state index is 0.130. The summed E-state index contributed by atoms with van der Waals surface area (Å²) < 4.78 is 0. The number of rotatable bonds is 7. The molecule has 0 saturated carbocycles. The van der Waals surface area contributed by atoms with Gasteiger partial charge in [-0.15, -0.1) is 0 Å². The van der Waals surface area contributed by atoms with Crippen LogP contribution in [0.1, 0.15) is 25.8 Å². The molecule has 0 aliphatic rings. The lowest BCUT2D eigenvalue weighted by Gasteiger charge is -2.19. The Balaban J connectivity index is 2.78. The molecule has 0 aliphatic carbocycles. The van der Waals surface area contributed by atoms with Crippen LogP contribution in [0.3, 0.4) is 0 Å². The molecule has 0 heterocycles. The summed E-state index contributed by atoms with van der Waals surface area (Å²) in [5.41, 5.74) is 5.94. The highest BCUT2D eigenvalue weighted by molar-refractivity contribution is 6.35. The zero-order valence-corrected chi connectivity index (χ0v) is 14.0. The average Bonchev–Trinajstić information content (AvgIpc) is 2.39. The van der Waals surface area contributed by atoms with Crippen LogP contribution < -0.4 is 11.1 Å². The molecule has 0 radical (unpaired) electrons. The molecule has 0 unspecified atom stereocenters. The summed E-state index contributed by atoms with van der Waals surface area (Å²) in [5.74, 6) is -1.17. The predicted octanol–water partition coefficient (Wildman–Crippen LogP) is 1.91. The fraction of sp³-hybridized carbons (Fsp3) is 0.467. The van der Waals surface area contributed by atoms with Gasteiger partial charge in [0.1, 0.15) is 12.1 Å². The Labute approximate surface area is 139 Å². The zero-order valence-electron chi connectivity index (χ0n) is 12.5. The first-order valence-electron chi connectivity index (χ1n) is 6.92. The number of benzene rings is 1. The maximum Gasteiger partial charge on any atom is 0.249 e. The Kier molecular flexibility index (Phi) is 7.13. The first-order chi connectivity index (χ1) is 10.2. The average molecular weight is 347 g/mol. The number of hydrogen-bond acceptors (Lipinski definition) is 3. The van der Waals surface area contributed by atoms with E-state index < -0.39 is 24.0 Å². The van der Waals surface area contributed by atoms with Crippen LogP contribution in [0.2, 0.25) is 10.0 Å². The molecule has 22 heavy (non-hydrogen) atoms. The van der Waals surface area contributed by atoms with Gasteiger partial charge < -0.3 is 16.2 Å². The third-order valence-electron chi connectivity index (χ3n) is 3.10. The molecule has 0 fully saturated rings. The van der Waals surface area contributed by atoms with Crippen LogP contribution in [-0.2, 0) is 16.0 Å². The van der Waals surface area contributed by atoms with Crippen molar-refractivity contribution in [1.82, 2.24) is 5.32 Å². The van der Waals surface area contributed by atoms with Gasteiger partial charge in [0.25, 0.3) is 0 Å². The number of nitrogens with two attached hydrogens (primary N) is 1. The molecule has 7 heteroatoms.